The summed E-state index contributed by atoms with van der Waals surface area (Å²) in [6, 6.07) is 7.53. The first-order valence-electron chi connectivity index (χ1n) is 8.57. The van der Waals surface area contributed by atoms with Crippen LogP contribution in [0.2, 0.25) is 0 Å². The van der Waals surface area contributed by atoms with Crippen LogP contribution in [0.3, 0.4) is 0 Å². The quantitative estimate of drug-likeness (QED) is 0.754. The van der Waals surface area contributed by atoms with Gasteiger partial charge >= 0.3 is 6.03 Å². The van der Waals surface area contributed by atoms with Crippen molar-refractivity contribution >= 4 is 17.8 Å². The third kappa shape index (κ3) is 3.50. The van der Waals surface area contributed by atoms with Crippen molar-refractivity contribution in [2.24, 2.45) is 0 Å². The zero-order valence-corrected chi connectivity index (χ0v) is 15.3. The molecule has 0 saturated carbocycles. The van der Waals surface area contributed by atoms with E-state index in [2.05, 4.69) is 10.2 Å². The van der Waals surface area contributed by atoms with Crippen molar-refractivity contribution < 1.29 is 19.1 Å². The topological polar surface area (TPSA) is 82.2 Å². The van der Waals surface area contributed by atoms with Gasteiger partial charge in [-0.05, 0) is 31.8 Å². The fourth-order valence-corrected chi connectivity index (χ4v) is 3.54. The van der Waals surface area contributed by atoms with Gasteiger partial charge in [0.25, 0.3) is 5.91 Å². The molecule has 0 aliphatic carbocycles. The van der Waals surface area contributed by atoms with Crippen LogP contribution >= 0.6 is 0 Å². The second kappa shape index (κ2) is 7.33. The van der Waals surface area contributed by atoms with Crippen LogP contribution in [-0.4, -0.2) is 86.0 Å². The molecule has 2 heterocycles. The highest BCUT2D eigenvalue weighted by Gasteiger charge is 2.39. The first-order chi connectivity index (χ1) is 12.4. The van der Waals surface area contributed by atoms with E-state index in [1.54, 1.807) is 12.0 Å². The Balaban J connectivity index is 1.72. The molecule has 0 bridgehead atoms. The molecule has 2 saturated heterocycles. The van der Waals surface area contributed by atoms with Crippen LogP contribution < -0.4 is 10.1 Å². The Labute approximate surface area is 152 Å². The van der Waals surface area contributed by atoms with Crippen LogP contribution in [0.25, 0.3) is 0 Å². The maximum atomic E-state index is 12.7. The summed E-state index contributed by atoms with van der Waals surface area (Å²) in [5.74, 6) is 0.374. The van der Waals surface area contributed by atoms with Gasteiger partial charge in [-0.1, -0.05) is 12.1 Å². The standard InChI is InChI=1S/C18H24N4O4/c1-20(2)15-10-21(17(24)11-22-16(23)8-19-18(22)25)9-14(15)12-4-6-13(26-3)7-5-12/h4-7,14-15H,8-11H2,1-3H3,(H,19,25)/t14-,15+/m0/s1. The van der Waals surface area contributed by atoms with E-state index in [0.29, 0.717) is 13.1 Å². The lowest BCUT2D eigenvalue weighted by Crippen LogP contribution is -2.43. The number of carbonyl (C=O) groups excluding carboxylic acids is 3. The number of likely N-dealkylation sites (N-methyl/N-ethyl adjacent to an activating group) is 1. The van der Waals surface area contributed by atoms with E-state index in [-0.39, 0.29) is 36.9 Å². The van der Waals surface area contributed by atoms with E-state index < -0.39 is 6.03 Å². The maximum Gasteiger partial charge on any atom is 0.325 e. The molecular formula is C18H24N4O4. The highest BCUT2D eigenvalue weighted by Crippen LogP contribution is 2.31. The number of likely N-dealkylation sites (tertiary alicyclic amines) is 1. The Bertz CT molecular complexity index is 688. The van der Waals surface area contributed by atoms with Crippen molar-refractivity contribution in [2.75, 3.05) is 47.4 Å². The van der Waals surface area contributed by atoms with Crippen molar-refractivity contribution in [1.29, 1.82) is 0 Å². The zero-order valence-electron chi connectivity index (χ0n) is 15.3. The molecule has 1 aromatic carbocycles. The molecule has 0 radical (unpaired) electrons. The number of amides is 4. The Kier molecular flexibility index (Phi) is 5.13. The van der Waals surface area contributed by atoms with Crippen molar-refractivity contribution in [3.05, 3.63) is 29.8 Å². The zero-order chi connectivity index (χ0) is 18.8. The highest BCUT2D eigenvalue weighted by atomic mass is 16.5. The molecular weight excluding hydrogens is 336 g/mol. The molecule has 8 heteroatoms. The normalized spacial score (nSPS) is 22.9. The van der Waals surface area contributed by atoms with E-state index in [1.807, 2.05) is 38.4 Å². The van der Waals surface area contributed by atoms with Gasteiger partial charge in [-0.25, -0.2) is 4.79 Å². The monoisotopic (exact) mass is 360 g/mol. The van der Waals surface area contributed by atoms with Crippen molar-refractivity contribution in [1.82, 2.24) is 20.0 Å². The minimum atomic E-state index is -0.501. The Morgan fingerprint density at radius 3 is 2.46 bits per heavy atom. The molecule has 0 unspecified atom stereocenters. The summed E-state index contributed by atoms with van der Waals surface area (Å²) in [5.41, 5.74) is 1.13. The number of carbonyl (C=O) groups is 3. The van der Waals surface area contributed by atoms with Gasteiger partial charge in [0, 0.05) is 25.0 Å². The summed E-state index contributed by atoms with van der Waals surface area (Å²) in [6.07, 6.45) is 0. The van der Waals surface area contributed by atoms with Gasteiger partial charge in [-0.15, -0.1) is 0 Å². The largest absolute Gasteiger partial charge is 0.497 e. The van der Waals surface area contributed by atoms with Crippen molar-refractivity contribution in [3.8, 4) is 5.75 Å². The summed E-state index contributed by atoms with van der Waals surface area (Å²) < 4.78 is 5.21. The van der Waals surface area contributed by atoms with Crippen LogP contribution in [0.5, 0.6) is 5.75 Å². The summed E-state index contributed by atoms with van der Waals surface area (Å²) in [6.45, 7) is 0.866. The van der Waals surface area contributed by atoms with Gasteiger partial charge in [0.05, 0.1) is 13.7 Å². The molecule has 140 valence electrons. The molecule has 4 amide bonds. The van der Waals surface area contributed by atoms with Crippen LogP contribution in [0, 0.1) is 0 Å². The third-order valence-corrected chi connectivity index (χ3v) is 5.08. The van der Waals surface area contributed by atoms with E-state index in [9.17, 15) is 14.4 Å². The lowest BCUT2D eigenvalue weighted by Gasteiger charge is -2.25. The fraction of sp³-hybridized carbons (Fsp3) is 0.500. The molecule has 0 spiro atoms. The molecule has 2 aliphatic rings. The Morgan fingerprint density at radius 2 is 1.92 bits per heavy atom. The SMILES string of the molecule is COc1ccc([C@@H]2CN(C(=O)CN3C(=O)CNC3=O)C[C@H]2N(C)C)cc1. The molecule has 2 aliphatic heterocycles. The molecule has 1 aromatic rings. The first kappa shape index (κ1) is 18.2. The molecule has 3 rings (SSSR count). The van der Waals surface area contributed by atoms with E-state index >= 15 is 0 Å². The van der Waals surface area contributed by atoms with Gasteiger partial charge in [0.15, 0.2) is 0 Å². The van der Waals surface area contributed by atoms with Crippen molar-refractivity contribution in [2.45, 2.75) is 12.0 Å². The van der Waals surface area contributed by atoms with Crippen molar-refractivity contribution in [3.63, 3.8) is 0 Å². The minimum Gasteiger partial charge on any atom is -0.497 e. The number of urea groups is 1. The smallest absolute Gasteiger partial charge is 0.325 e. The summed E-state index contributed by atoms with van der Waals surface area (Å²) in [5, 5.41) is 2.43. The summed E-state index contributed by atoms with van der Waals surface area (Å²) in [7, 11) is 5.61. The Morgan fingerprint density at radius 1 is 1.23 bits per heavy atom. The molecule has 2 fully saturated rings. The third-order valence-electron chi connectivity index (χ3n) is 5.08. The second-order valence-electron chi connectivity index (χ2n) is 6.85. The number of nitrogens with one attached hydrogen (secondary N) is 1. The number of benzene rings is 1. The van der Waals surface area contributed by atoms with Crippen LogP contribution in [0.4, 0.5) is 4.79 Å². The van der Waals surface area contributed by atoms with Gasteiger partial charge in [0.2, 0.25) is 5.91 Å². The molecule has 8 nitrogen and oxygen atoms in total. The lowest BCUT2D eigenvalue weighted by molar-refractivity contribution is -0.135. The average Bonchev–Trinajstić information content (AvgIpc) is 3.21. The average molecular weight is 360 g/mol. The predicted molar refractivity (Wildman–Crippen MR) is 94.9 cm³/mol. The molecule has 1 N–H and O–H groups in total. The predicted octanol–water partition coefficient (Wildman–Crippen LogP) is 0.103. The number of methoxy groups -OCH3 is 1. The van der Waals surface area contributed by atoms with E-state index in [0.717, 1.165) is 16.2 Å². The molecule has 26 heavy (non-hydrogen) atoms. The number of ether oxygens (including phenoxy) is 1. The van der Waals surface area contributed by atoms with E-state index in [1.165, 1.54) is 0 Å². The molecule has 0 aromatic heterocycles. The highest BCUT2D eigenvalue weighted by molar-refractivity contribution is 6.04. The second-order valence-corrected chi connectivity index (χ2v) is 6.85. The van der Waals surface area contributed by atoms with Gasteiger partial charge < -0.3 is 19.9 Å². The van der Waals surface area contributed by atoms with Gasteiger partial charge in [-0.2, -0.15) is 0 Å². The number of hydrogen-bond donors (Lipinski definition) is 1. The number of hydrogen-bond acceptors (Lipinski definition) is 5. The van der Waals surface area contributed by atoms with Gasteiger partial charge in [0.1, 0.15) is 12.3 Å². The number of nitrogens with zero attached hydrogens (tertiary/aromatic N) is 3. The lowest BCUT2D eigenvalue weighted by atomic mass is 9.93. The van der Waals surface area contributed by atoms with Gasteiger partial charge in [-0.3, -0.25) is 14.5 Å². The van der Waals surface area contributed by atoms with Crippen LogP contribution in [0.1, 0.15) is 11.5 Å². The minimum absolute atomic E-state index is 0.0408. The van der Waals surface area contributed by atoms with Crippen LogP contribution in [-0.2, 0) is 9.59 Å². The fourth-order valence-electron chi connectivity index (χ4n) is 3.54. The summed E-state index contributed by atoms with van der Waals surface area (Å²) >= 11 is 0. The van der Waals surface area contributed by atoms with E-state index in [4.69, 9.17) is 4.74 Å². The number of rotatable bonds is 5. The van der Waals surface area contributed by atoms with Crippen LogP contribution in [0.15, 0.2) is 24.3 Å². The first-order valence-corrected chi connectivity index (χ1v) is 8.57. The molecule has 2 atom stereocenters. The number of imide groups is 1. The summed E-state index contributed by atoms with van der Waals surface area (Å²) in [4.78, 5) is 40.8. The maximum absolute atomic E-state index is 12.7. The Hall–Kier alpha value is -2.61.